The number of carbonyl (C=O) groups is 1. The lowest BCUT2D eigenvalue weighted by molar-refractivity contribution is 0.0525. The van der Waals surface area contributed by atoms with Crippen LogP contribution in [-0.4, -0.2) is 19.2 Å². The molecule has 1 aromatic carbocycles. The Kier molecular flexibility index (Phi) is 4.87. The quantitative estimate of drug-likeness (QED) is 0.761. The summed E-state index contributed by atoms with van der Waals surface area (Å²) in [6.07, 6.45) is 1.99. The lowest BCUT2D eigenvalue weighted by Crippen LogP contribution is -2.13. The van der Waals surface area contributed by atoms with E-state index in [2.05, 4.69) is 0 Å². The van der Waals surface area contributed by atoms with Gasteiger partial charge in [-0.05, 0) is 49.9 Å². The van der Waals surface area contributed by atoms with Crippen molar-refractivity contribution in [3.63, 3.8) is 0 Å². The van der Waals surface area contributed by atoms with Gasteiger partial charge in [0.2, 0.25) is 0 Å². The average molecular weight is 254 g/mol. The summed E-state index contributed by atoms with van der Waals surface area (Å²) in [6.45, 7) is 4.95. The van der Waals surface area contributed by atoms with Crippen molar-refractivity contribution in [3.8, 4) is 5.75 Å². The fourth-order valence-electron chi connectivity index (χ4n) is 2.04. The van der Waals surface area contributed by atoms with Gasteiger partial charge in [-0.2, -0.15) is 13.5 Å². The van der Waals surface area contributed by atoms with Gasteiger partial charge in [0.05, 0.1) is 18.8 Å². The van der Waals surface area contributed by atoms with E-state index in [1.807, 2.05) is 19.9 Å². The van der Waals surface area contributed by atoms with Crippen LogP contribution in [0, 0.1) is 6.92 Å². The highest BCUT2D eigenvalue weighted by molar-refractivity contribution is 7.59. The minimum Gasteiger partial charge on any atom is -0.493 e. The van der Waals surface area contributed by atoms with Crippen LogP contribution in [0.1, 0.15) is 34.8 Å². The topological polar surface area (TPSA) is 35.5 Å². The molecule has 2 rings (SSSR count). The second-order valence-electron chi connectivity index (χ2n) is 3.89. The Morgan fingerprint density at radius 1 is 1.47 bits per heavy atom. The third-order valence-corrected chi connectivity index (χ3v) is 2.88. The molecule has 3 nitrogen and oxygen atoms in total. The highest BCUT2D eigenvalue weighted by Gasteiger charge is 2.18. The Labute approximate surface area is 109 Å². The molecule has 1 aromatic rings. The molecule has 17 heavy (non-hydrogen) atoms. The molecule has 94 valence electrons. The molecule has 0 aromatic heterocycles. The van der Waals surface area contributed by atoms with Gasteiger partial charge in [-0.3, -0.25) is 0 Å². The molecule has 0 saturated heterocycles. The van der Waals surface area contributed by atoms with E-state index in [0.717, 1.165) is 36.3 Å². The maximum atomic E-state index is 11.7. The van der Waals surface area contributed by atoms with Gasteiger partial charge in [-0.15, -0.1) is 0 Å². The first-order valence-corrected chi connectivity index (χ1v) is 5.66. The van der Waals surface area contributed by atoms with E-state index in [0.29, 0.717) is 12.2 Å². The van der Waals surface area contributed by atoms with Gasteiger partial charge in [0, 0.05) is 0 Å². The third kappa shape index (κ3) is 2.75. The lowest BCUT2D eigenvalue weighted by atomic mass is 9.96. The summed E-state index contributed by atoms with van der Waals surface area (Å²) in [6, 6.07) is 3.66. The lowest BCUT2D eigenvalue weighted by Gasteiger charge is -2.20. The Bertz CT molecular complexity index is 415. The fraction of sp³-hybridized carbons (Fsp3) is 0.462. The van der Waals surface area contributed by atoms with Crippen LogP contribution in [0.5, 0.6) is 5.75 Å². The Morgan fingerprint density at radius 2 is 2.24 bits per heavy atom. The van der Waals surface area contributed by atoms with Crippen LogP contribution < -0.4 is 4.74 Å². The summed E-state index contributed by atoms with van der Waals surface area (Å²) >= 11 is 0. The molecule has 0 spiro atoms. The maximum Gasteiger partial charge on any atom is 0.338 e. The average Bonchev–Trinajstić information content (AvgIpc) is 2.30. The van der Waals surface area contributed by atoms with E-state index >= 15 is 0 Å². The van der Waals surface area contributed by atoms with E-state index in [-0.39, 0.29) is 19.5 Å². The van der Waals surface area contributed by atoms with Crippen LogP contribution >= 0.6 is 13.5 Å². The molecule has 1 aliphatic rings. The van der Waals surface area contributed by atoms with Crippen molar-refractivity contribution in [2.75, 3.05) is 13.2 Å². The minimum atomic E-state index is -0.242. The van der Waals surface area contributed by atoms with Crippen molar-refractivity contribution in [3.05, 3.63) is 28.8 Å². The molecular weight excluding hydrogens is 236 g/mol. The van der Waals surface area contributed by atoms with Crippen LogP contribution in [0.4, 0.5) is 0 Å². The number of rotatable bonds is 2. The summed E-state index contributed by atoms with van der Waals surface area (Å²) in [5.41, 5.74) is 2.80. The zero-order chi connectivity index (χ0) is 11.5. The highest BCUT2D eigenvalue weighted by Crippen LogP contribution is 2.29. The van der Waals surface area contributed by atoms with E-state index in [4.69, 9.17) is 9.47 Å². The first-order valence-electron chi connectivity index (χ1n) is 5.66. The predicted octanol–water partition coefficient (Wildman–Crippen LogP) is 2.61. The number of carbonyl (C=O) groups excluding carboxylic acids is 1. The maximum absolute atomic E-state index is 11.7. The molecule has 0 fully saturated rings. The smallest absolute Gasteiger partial charge is 0.338 e. The van der Waals surface area contributed by atoms with Crippen LogP contribution in [0.2, 0.25) is 0 Å². The molecule has 0 aliphatic carbocycles. The largest absolute Gasteiger partial charge is 0.493 e. The molecule has 0 unspecified atom stereocenters. The SMILES string of the molecule is CCOC(=O)c1ccc2c(c1C)CCCO2.S. The molecule has 0 radical (unpaired) electrons. The Balaban J connectivity index is 0.00000144. The van der Waals surface area contributed by atoms with Crippen molar-refractivity contribution in [2.45, 2.75) is 26.7 Å². The van der Waals surface area contributed by atoms with Crippen molar-refractivity contribution < 1.29 is 14.3 Å². The molecule has 0 saturated carbocycles. The monoisotopic (exact) mass is 254 g/mol. The van der Waals surface area contributed by atoms with Crippen LogP contribution in [0.3, 0.4) is 0 Å². The van der Waals surface area contributed by atoms with Gasteiger partial charge in [0.15, 0.2) is 0 Å². The zero-order valence-electron chi connectivity index (χ0n) is 10.2. The van der Waals surface area contributed by atoms with E-state index in [1.54, 1.807) is 6.07 Å². The summed E-state index contributed by atoms with van der Waals surface area (Å²) in [5, 5.41) is 0. The molecule has 0 bridgehead atoms. The second-order valence-corrected chi connectivity index (χ2v) is 3.89. The number of benzene rings is 1. The Hall–Kier alpha value is -1.16. The van der Waals surface area contributed by atoms with Gasteiger partial charge >= 0.3 is 5.97 Å². The second kappa shape index (κ2) is 5.96. The Morgan fingerprint density at radius 3 is 2.94 bits per heavy atom. The number of ether oxygens (including phenoxy) is 2. The molecular formula is C13H18O3S. The standard InChI is InChI=1S/C13H16O3.H2S/c1-3-15-13(14)11-6-7-12-10(9(11)2)5-4-8-16-12;/h6-7H,3-5,8H2,1-2H3;1H2. The van der Waals surface area contributed by atoms with Crippen LogP contribution in [0.15, 0.2) is 12.1 Å². The van der Waals surface area contributed by atoms with Gasteiger partial charge in [-0.25, -0.2) is 4.79 Å². The van der Waals surface area contributed by atoms with Gasteiger partial charge in [0.1, 0.15) is 5.75 Å². The molecule has 1 aliphatic heterocycles. The summed E-state index contributed by atoms with van der Waals surface area (Å²) < 4.78 is 10.6. The van der Waals surface area contributed by atoms with E-state index < -0.39 is 0 Å². The van der Waals surface area contributed by atoms with Crippen molar-refractivity contribution >= 4 is 19.5 Å². The molecule has 4 heteroatoms. The molecule has 1 heterocycles. The minimum absolute atomic E-state index is 0. The summed E-state index contributed by atoms with van der Waals surface area (Å²) in [7, 11) is 0. The van der Waals surface area contributed by atoms with Crippen molar-refractivity contribution in [2.24, 2.45) is 0 Å². The van der Waals surface area contributed by atoms with Crippen LogP contribution in [-0.2, 0) is 11.2 Å². The van der Waals surface area contributed by atoms with Gasteiger partial charge in [0.25, 0.3) is 0 Å². The molecule has 0 N–H and O–H groups in total. The van der Waals surface area contributed by atoms with Crippen molar-refractivity contribution in [1.82, 2.24) is 0 Å². The first kappa shape index (κ1) is 13.9. The van der Waals surface area contributed by atoms with E-state index in [1.165, 1.54) is 0 Å². The molecule has 0 atom stereocenters. The number of fused-ring (bicyclic) bond motifs is 1. The normalized spacial score (nSPS) is 13.1. The molecule has 0 amide bonds. The summed E-state index contributed by atoms with van der Waals surface area (Å²) in [4.78, 5) is 11.7. The third-order valence-electron chi connectivity index (χ3n) is 2.88. The van der Waals surface area contributed by atoms with Crippen molar-refractivity contribution in [1.29, 1.82) is 0 Å². The van der Waals surface area contributed by atoms with E-state index in [9.17, 15) is 4.79 Å². The van der Waals surface area contributed by atoms with Gasteiger partial charge < -0.3 is 9.47 Å². The highest BCUT2D eigenvalue weighted by atomic mass is 32.1. The number of hydrogen-bond donors (Lipinski definition) is 0. The fourth-order valence-corrected chi connectivity index (χ4v) is 2.04. The predicted molar refractivity (Wildman–Crippen MR) is 71.3 cm³/mol. The van der Waals surface area contributed by atoms with Crippen LogP contribution in [0.25, 0.3) is 0 Å². The number of esters is 1. The van der Waals surface area contributed by atoms with Gasteiger partial charge in [-0.1, -0.05) is 0 Å². The first-order chi connectivity index (χ1) is 7.74. The zero-order valence-corrected chi connectivity index (χ0v) is 11.2. The number of hydrogen-bond acceptors (Lipinski definition) is 3. The summed E-state index contributed by atoms with van der Waals surface area (Å²) in [5.74, 6) is 0.671.